The molecule has 0 radical (unpaired) electrons. The number of hydrogen-bond acceptors (Lipinski definition) is 13. The number of fused-ring (bicyclic) bond motifs is 5. The topological polar surface area (TPSA) is 286 Å². The molecule has 1 aliphatic carbocycles. The number of aliphatic hydroxyl groups is 1. The van der Waals surface area contributed by atoms with E-state index in [-0.39, 0.29) is 80.8 Å². The van der Waals surface area contributed by atoms with E-state index in [4.69, 9.17) is 14.5 Å². The van der Waals surface area contributed by atoms with Crippen molar-refractivity contribution in [2.24, 2.45) is 5.92 Å². The average Bonchev–Trinajstić information content (AvgIpc) is 4.14. The maximum absolute atomic E-state index is 15.4. The second-order valence-electron chi connectivity index (χ2n) is 20.8. The van der Waals surface area contributed by atoms with Crippen LogP contribution in [-0.2, 0) is 75.6 Å². The van der Waals surface area contributed by atoms with Gasteiger partial charge in [0.05, 0.1) is 61.3 Å². The van der Waals surface area contributed by atoms with Crippen molar-refractivity contribution in [1.29, 1.82) is 0 Å². The Kier molecular flexibility index (Phi) is 17.4. The molecule has 1 saturated heterocycles. The molecule has 420 valence electrons. The second kappa shape index (κ2) is 24.7. The van der Waals surface area contributed by atoms with Gasteiger partial charge in [0.2, 0.25) is 35.4 Å². The number of aryl methyl sites for hydroxylation is 1. The van der Waals surface area contributed by atoms with Gasteiger partial charge in [-0.3, -0.25) is 38.4 Å². The van der Waals surface area contributed by atoms with Crippen molar-refractivity contribution in [3.05, 3.63) is 133 Å². The number of likely N-dealkylation sites (tertiary alicyclic amines) is 1. The number of carbonyl (C=O) groups is 8. The number of benzene rings is 3. The minimum absolute atomic E-state index is 0.0582. The van der Waals surface area contributed by atoms with Gasteiger partial charge in [0.25, 0.3) is 11.5 Å². The molecule has 5 heterocycles. The maximum Gasteiger partial charge on any atom is 0.340 e. The first kappa shape index (κ1) is 56.4. The van der Waals surface area contributed by atoms with E-state index in [2.05, 4.69) is 38.8 Å². The number of unbranched alkanes of at least 4 members (excludes halogenated alkanes) is 2. The highest BCUT2D eigenvalue weighted by Crippen LogP contribution is 2.45. The first-order valence-corrected chi connectivity index (χ1v) is 26.9. The lowest BCUT2D eigenvalue weighted by molar-refractivity contribution is -0.157. The molecule has 7 amide bonds. The molecular formula is C58H64FN9O12. The molecule has 4 aliphatic rings. The molecule has 0 spiro atoms. The Morgan fingerprint density at radius 3 is 2.31 bits per heavy atom. The van der Waals surface area contributed by atoms with Gasteiger partial charge >= 0.3 is 5.97 Å². The molecule has 2 unspecified atom stereocenters. The third-order valence-corrected chi connectivity index (χ3v) is 15.5. The number of halogens is 1. The Morgan fingerprint density at radius 1 is 0.838 bits per heavy atom. The summed E-state index contributed by atoms with van der Waals surface area (Å²) in [6.45, 7) is 4.88. The van der Waals surface area contributed by atoms with Gasteiger partial charge in [-0.15, -0.1) is 0 Å². The SMILES string of the molecule is Cc1c(F)cc2nc3c(c4c2c1CC[C@@H]4NC(=O)c1ccc(COCNC(=O)CNC(=O)[C@H](Cc2ccccc2)NC(=O)CNC(=O)CNC(=O)CCCCCN2C(=O)CC(C)C2C)cc1)Cn1c-3cc2c(c1=O)COC(=O)[C@@H]2O. The van der Waals surface area contributed by atoms with Crippen LogP contribution in [0.3, 0.4) is 0 Å². The molecule has 7 N–H and O–H groups in total. The minimum atomic E-state index is -1.65. The molecule has 1 fully saturated rings. The molecule has 3 aromatic carbocycles. The number of nitrogens with zero attached hydrogens (tertiary/aromatic N) is 3. The number of ether oxygens (including phenoxy) is 2. The van der Waals surface area contributed by atoms with Crippen LogP contribution in [0.15, 0.2) is 71.5 Å². The van der Waals surface area contributed by atoms with E-state index in [0.29, 0.717) is 82.7 Å². The largest absolute Gasteiger partial charge is 0.458 e. The molecule has 5 aromatic rings. The lowest BCUT2D eigenvalue weighted by Gasteiger charge is -2.29. The highest BCUT2D eigenvalue weighted by molar-refractivity contribution is 5.97. The molecule has 3 aliphatic heterocycles. The van der Waals surface area contributed by atoms with Crippen molar-refractivity contribution in [3.8, 4) is 11.4 Å². The van der Waals surface area contributed by atoms with Gasteiger partial charge in [0.15, 0.2) is 6.10 Å². The van der Waals surface area contributed by atoms with Crippen LogP contribution in [0.4, 0.5) is 4.39 Å². The molecule has 0 saturated carbocycles. The molecule has 2 aromatic heterocycles. The van der Waals surface area contributed by atoms with Gasteiger partial charge < -0.3 is 55.9 Å². The number of hydrogen-bond donors (Lipinski definition) is 7. The van der Waals surface area contributed by atoms with Crippen LogP contribution >= 0.6 is 0 Å². The van der Waals surface area contributed by atoms with Gasteiger partial charge in [0.1, 0.15) is 25.2 Å². The van der Waals surface area contributed by atoms with E-state index in [9.17, 15) is 48.3 Å². The molecular weight excluding hydrogens is 1030 g/mol. The number of rotatable bonds is 22. The van der Waals surface area contributed by atoms with Crippen molar-refractivity contribution in [2.45, 2.75) is 116 Å². The van der Waals surface area contributed by atoms with Crippen LogP contribution < -0.4 is 37.5 Å². The molecule has 22 heteroatoms. The number of cyclic esters (lactones) is 1. The van der Waals surface area contributed by atoms with E-state index in [1.54, 1.807) is 67.6 Å². The van der Waals surface area contributed by atoms with Crippen LogP contribution in [0, 0.1) is 18.7 Å². The number of carbonyl (C=O) groups excluding carboxylic acids is 8. The predicted octanol–water partition coefficient (Wildman–Crippen LogP) is 2.86. The normalized spacial score (nSPS) is 18.1. The lowest BCUT2D eigenvalue weighted by atomic mass is 9.81. The van der Waals surface area contributed by atoms with Gasteiger partial charge in [0, 0.05) is 60.0 Å². The first-order valence-electron chi connectivity index (χ1n) is 26.9. The van der Waals surface area contributed by atoms with Gasteiger partial charge in [-0.2, -0.15) is 0 Å². The molecule has 9 rings (SSSR count). The maximum atomic E-state index is 15.4. The van der Waals surface area contributed by atoms with Crippen LogP contribution in [0.1, 0.15) is 119 Å². The van der Waals surface area contributed by atoms with Gasteiger partial charge in [-0.1, -0.05) is 55.8 Å². The summed E-state index contributed by atoms with van der Waals surface area (Å²) < 4.78 is 27.6. The zero-order valence-electron chi connectivity index (χ0n) is 44.7. The van der Waals surface area contributed by atoms with E-state index >= 15 is 4.39 Å². The monoisotopic (exact) mass is 1100 g/mol. The van der Waals surface area contributed by atoms with E-state index in [0.717, 1.165) is 29.5 Å². The summed E-state index contributed by atoms with van der Waals surface area (Å²) in [5, 5.41) is 27.2. The highest BCUT2D eigenvalue weighted by Gasteiger charge is 2.38. The summed E-state index contributed by atoms with van der Waals surface area (Å²) in [6, 6.07) is 17.0. The fraction of sp³-hybridized carbons (Fsp3) is 0.414. The predicted molar refractivity (Wildman–Crippen MR) is 287 cm³/mol. The third kappa shape index (κ3) is 12.6. The Labute approximate surface area is 459 Å². The smallest absolute Gasteiger partial charge is 0.340 e. The Morgan fingerprint density at radius 2 is 1.56 bits per heavy atom. The Bertz CT molecular complexity index is 3330. The number of amides is 7. The zero-order valence-corrected chi connectivity index (χ0v) is 44.7. The Hall–Kier alpha value is -8.37. The van der Waals surface area contributed by atoms with Crippen molar-refractivity contribution >= 4 is 58.2 Å². The minimum Gasteiger partial charge on any atom is -0.458 e. The van der Waals surface area contributed by atoms with Crippen molar-refractivity contribution in [3.63, 3.8) is 0 Å². The standard InChI is InChI=1S/C58H64FN9O12/c1-31-20-50(73)67(33(31)3)19-9-5-8-12-46(69)60-24-47(70)61-26-49(72)64-44(21-34-10-6-4-7-11-34)56(76)62-25-48(71)63-30-79-28-35-13-15-36(16-14-35)55(75)66-42-18-17-37-32(2)41(59)23-43-51(37)52(42)39-27-68-45(53(39)65-43)22-38-40(57(68)77)29-80-58(78)54(38)74/h4,6-7,10-11,13-16,22-23,31,33,42,44,54,74H,5,8-9,12,17-21,24-30H2,1-3H3,(H,60,69)(H,61,70)(H,62,76)(H,63,71)(H,64,72)(H,66,75)/t31?,33?,42-,44-,54+/m0/s1. The summed E-state index contributed by atoms with van der Waals surface area (Å²) in [7, 11) is 0. The van der Waals surface area contributed by atoms with Gasteiger partial charge in [-0.25, -0.2) is 14.2 Å². The summed E-state index contributed by atoms with van der Waals surface area (Å²) in [4.78, 5) is 123. The molecule has 0 bridgehead atoms. The summed E-state index contributed by atoms with van der Waals surface area (Å²) in [5.41, 5.74) is 5.36. The molecule has 21 nitrogen and oxygen atoms in total. The van der Waals surface area contributed by atoms with Crippen molar-refractivity contribution in [1.82, 2.24) is 46.4 Å². The first-order chi connectivity index (χ1) is 38.4. The summed E-state index contributed by atoms with van der Waals surface area (Å²) >= 11 is 0. The number of pyridine rings is 2. The zero-order chi connectivity index (χ0) is 56.8. The van der Waals surface area contributed by atoms with Crippen LogP contribution in [0.2, 0.25) is 0 Å². The van der Waals surface area contributed by atoms with E-state index < -0.39 is 72.3 Å². The number of esters is 1. The summed E-state index contributed by atoms with van der Waals surface area (Å²) in [6.07, 6.45) is 2.23. The summed E-state index contributed by atoms with van der Waals surface area (Å²) in [5.74, 6) is -3.99. The van der Waals surface area contributed by atoms with Crippen LogP contribution in [0.25, 0.3) is 22.3 Å². The third-order valence-electron chi connectivity index (χ3n) is 15.5. The second-order valence-corrected chi connectivity index (χ2v) is 20.8. The lowest BCUT2D eigenvalue weighted by Crippen LogP contribution is -2.52. The van der Waals surface area contributed by atoms with Gasteiger partial charge in [-0.05, 0) is 91.5 Å². The fourth-order valence-corrected chi connectivity index (χ4v) is 10.9. The van der Waals surface area contributed by atoms with Crippen LogP contribution in [-0.4, -0.2) is 112 Å². The fourth-order valence-electron chi connectivity index (χ4n) is 10.9. The Balaban J connectivity index is 0.719. The van der Waals surface area contributed by atoms with E-state index in [1.807, 2.05) is 11.8 Å². The molecule has 80 heavy (non-hydrogen) atoms. The number of aliphatic hydroxyl groups excluding tert-OH is 1. The van der Waals surface area contributed by atoms with Crippen molar-refractivity contribution in [2.75, 3.05) is 32.9 Å². The van der Waals surface area contributed by atoms with Crippen LogP contribution in [0.5, 0.6) is 0 Å². The van der Waals surface area contributed by atoms with E-state index in [1.165, 1.54) is 10.6 Å². The van der Waals surface area contributed by atoms with Crippen molar-refractivity contribution < 1.29 is 57.3 Å². The average molecular weight is 1100 g/mol. The number of aromatic nitrogens is 2. The molecule has 5 atom stereocenters. The number of nitrogens with one attached hydrogen (secondary N) is 6. The quantitative estimate of drug-likeness (QED) is 0.0293. The highest BCUT2D eigenvalue weighted by atomic mass is 19.1.